The third-order valence-corrected chi connectivity index (χ3v) is 7.37. The summed E-state index contributed by atoms with van der Waals surface area (Å²) in [6.45, 7) is 5.89. The van der Waals surface area contributed by atoms with Gasteiger partial charge in [0.1, 0.15) is 11.9 Å². The smallest absolute Gasteiger partial charge is 0.256 e. The lowest BCUT2D eigenvalue weighted by Crippen LogP contribution is -2.46. The molecule has 174 valence electrons. The average Bonchev–Trinajstić information content (AvgIpc) is 3.32. The number of hydrogen-bond acceptors (Lipinski definition) is 7. The Kier molecular flexibility index (Phi) is 6.50. The Morgan fingerprint density at radius 2 is 1.88 bits per heavy atom. The number of thiophene rings is 1. The molecule has 33 heavy (non-hydrogen) atoms. The first-order valence-electron chi connectivity index (χ1n) is 11.5. The number of nitrogens with zero attached hydrogens (tertiary/aromatic N) is 2. The SMILES string of the molecule is O=C1Nc2cc(OCCCCN3CCN(c4cccc5sccc45)CC3)ccc2C(O)C1O. The summed E-state index contributed by atoms with van der Waals surface area (Å²) in [6.07, 6.45) is -0.636. The van der Waals surface area contributed by atoms with Crippen molar-refractivity contribution in [3.05, 3.63) is 53.4 Å². The van der Waals surface area contributed by atoms with E-state index in [2.05, 4.69) is 44.8 Å². The van der Waals surface area contributed by atoms with Crippen molar-refractivity contribution < 1.29 is 19.7 Å². The number of amides is 1. The fourth-order valence-electron chi connectivity index (χ4n) is 4.61. The lowest BCUT2D eigenvalue weighted by molar-refractivity contribution is -0.130. The first-order valence-corrected chi connectivity index (χ1v) is 12.4. The van der Waals surface area contributed by atoms with Gasteiger partial charge in [0.05, 0.1) is 12.3 Å². The monoisotopic (exact) mass is 467 g/mol. The van der Waals surface area contributed by atoms with Crippen LogP contribution >= 0.6 is 11.3 Å². The van der Waals surface area contributed by atoms with Gasteiger partial charge in [-0.25, -0.2) is 0 Å². The second kappa shape index (κ2) is 9.69. The zero-order chi connectivity index (χ0) is 22.8. The van der Waals surface area contributed by atoms with Crippen LogP contribution in [0.5, 0.6) is 5.75 Å². The molecule has 5 rings (SSSR count). The average molecular weight is 468 g/mol. The van der Waals surface area contributed by atoms with Crippen LogP contribution in [0.4, 0.5) is 11.4 Å². The van der Waals surface area contributed by atoms with E-state index in [1.165, 1.54) is 15.8 Å². The summed E-state index contributed by atoms with van der Waals surface area (Å²) in [4.78, 5) is 16.7. The summed E-state index contributed by atoms with van der Waals surface area (Å²) < 4.78 is 7.20. The number of nitrogens with one attached hydrogen (secondary N) is 1. The Hall–Kier alpha value is -2.65. The molecule has 1 amide bonds. The molecule has 2 aromatic carbocycles. The molecule has 3 N–H and O–H groups in total. The van der Waals surface area contributed by atoms with Crippen molar-refractivity contribution in [3.8, 4) is 5.75 Å². The topological polar surface area (TPSA) is 85.3 Å². The fourth-order valence-corrected chi connectivity index (χ4v) is 5.41. The summed E-state index contributed by atoms with van der Waals surface area (Å²) in [7, 11) is 0. The fraction of sp³-hybridized carbons (Fsp3) is 0.400. The highest BCUT2D eigenvalue weighted by Crippen LogP contribution is 2.34. The van der Waals surface area contributed by atoms with Crippen molar-refractivity contribution in [2.45, 2.75) is 25.0 Å². The Labute approximate surface area is 197 Å². The Morgan fingerprint density at radius 1 is 1.03 bits per heavy atom. The summed E-state index contributed by atoms with van der Waals surface area (Å²) in [5.74, 6) is 0.0492. The number of carbonyl (C=O) groups is 1. The Morgan fingerprint density at radius 3 is 2.73 bits per heavy atom. The first kappa shape index (κ1) is 22.2. The predicted octanol–water partition coefficient (Wildman–Crippen LogP) is 3.23. The molecule has 2 aliphatic heterocycles. The molecule has 1 aromatic heterocycles. The molecule has 0 spiro atoms. The molecule has 1 fully saturated rings. The molecule has 3 heterocycles. The van der Waals surface area contributed by atoms with Crippen molar-refractivity contribution in [1.29, 1.82) is 0 Å². The van der Waals surface area contributed by atoms with Gasteiger partial charge in [0.2, 0.25) is 0 Å². The van der Waals surface area contributed by atoms with Crippen LogP contribution in [0.1, 0.15) is 24.5 Å². The van der Waals surface area contributed by atoms with Gasteiger partial charge in [-0.15, -0.1) is 11.3 Å². The van der Waals surface area contributed by atoms with E-state index in [0.717, 1.165) is 45.6 Å². The van der Waals surface area contributed by atoms with Crippen molar-refractivity contribution in [3.63, 3.8) is 0 Å². The highest BCUT2D eigenvalue weighted by Gasteiger charge is 2.33. The minimum Gasteiger partial charge on any atom is -0.494 e. The Balaban J connectivity index is 1.04. The number of aliphatic hydroxyl groups is 2. The van der Waals surface area contributed by atoms with Crippen LogP contribution in [0, 0.1) is 0 Å². The number of fused-ring (bicyclic) bond motifs is 2. The normalized spacial score (nSPS) is 21.2. The van der Waals surface area contributed by atoms with Gasteiger partial charge in [-0.3, -0.25) is 9.69 Å². The number of benzene rings is 2. The Bertz CT molecular complexity index is 1130. The highest BCUT2D eigenvalue weighted by atomic mass is 32.1. The van der Waals surface area contributed by atoms with E-state index < -0.39 is 18.1 Å². The maximum atomic E-state index is 11.7. The molecule has 2 atom stereocenters. The van der Waals surface area contributed by atoms with Crippen LogP contribution in [0.2, 0.25) is 0 Å². The summed E-state index contributed by atoms with van der Waals surface area (Å²) >= 11 is 1.80. The number of anilines is 2. The number of piperazine rings is 1. The number of hydrogen-bond donors (Lipinski definition) is 3. The predicted molar refractivity (Wildman–Crippen MR) is 131 cm³/mol. The number of carbonyl (C=O) groups excluding carboxylic acids is 1. The van der Waals surface area contributed by atoms with Crippen LogP contribution in [-0.2, 0) is 4.79 Å². The van der Waals surface area contributed by atoms with Crippen molar-refractivity contribution in [2.24, 2.45) is 0 Å². The minimum atomic E-state index is -1.43. The van der Waals surface area contributed by atoms with Crippen molar-refractivity contribution in [1.82, 2.24) is 4.90 Å². The maximum absolute atomic E-state index is 11.7. The van der Waals surface area contributed by atoms with Gasteiger partial charge in [-0.1, -0.05) is 12.1 Å². The van der Waals surface area contributed by atoms with Gasteiger partial charge in [-0.2, -0.15) is 0 Å². The van der Waals surface area contributed by atoms with Gasteiger partial charge in [-0.05, 0) is 49.0 Å². The van der Waals surface area contributed by atoms with E-state index in [0.29, 0.717) is 23.6 Å². The van der Waals surface area contributed by atoms with Gasteiger partial charge in [0.15, 0.2) is 6.10 Å². The zero-order valence-corrected chi connectivity index (χ0v) is 19.3. The summed E-state index contributed by atoms with van der Waals surface area (Å²) in [5, 5.41) is 25.8. The molecule has 2 aliphatic rings. The van der Waals surface area contributed by atoms with Gasteiger partial charge in [0.25, 0.3) is 5.91 Å². The number of unbranched alkanes of at least 4 members (excludes halogenated alkanes) is 1. The third-order valence-electron chi connectivity index (χ3n) is 6.49. The quantitative estimate of drug-likeness (QED) is 0.463. The molecule has 8 heteroatoms. The van der Waals surface area contributed by atoms with Crippen LogP contribution in [-0.4, -0.2) is 66.5 Å². The second-order valence-corrected chi connectivity index (χ2v) is 9.57. The molecule has 7 nitrogen and oxygen atoms in total. The second-order valence-electron chi connectivity index (χ2n) is 8.62. The molecule has 0 aliphatic carbocycles. The molecular formula is C25H29N3O4S. The molecule has 0 saturated carbocycles. The largest absolute Gasteiger partial charge is 0.494 e. The van der Waals surface area contributed by atoms with Crippen LogP contribution < -0.4 is 15.0 Å². The summed E-state index contributed by atoms with van der Waals surface area (Å²) in [6, 6.07) is 14.0. The van der Waals surface area contributed by atoms with E-state index in [1.54, 1.807) is 29.5 Å². The van der Waals surface area contributed by atoms with E-state index in [-0.39, 0.29) is 0 Å². The minimum absolute atomic E-state index is 0.492. The van der Waals surface area contributed by atoms with E-state index in [4.69, 9.17) is 4.74 Å². The van der Waals surface area contributed by atoms with Gasteiger partial charge >= 0.3 is 0 Å². The van der Waals surface area contributed by atoms with Gasteiger partial charge < -0.3 is 25.2 Å². The van der Waals surface area contributed by atoms with E-state index in [9.17, 15) is 15.0 Å². The number of aliphatic hydroxyl groups excluding tert-OH is 2. The molecule has 2 unspecified atom stereocenters. The number of ether oxygens (including phenoxy) is 1. The first-order chi connectivity index (χ1) is 16.1. The van der Waals surface area contributed by atoms with Gasteiger partial charge in [0, 0.05) is 53.6 Å². The zero-order valence-electron chi connectivity index (χ0n) is 18.4. The van der Waals surface area contributed by atoms with Crippen LogP contribution in [0.3, 0.4) is 0 Å². The van der Waals surface area contributed by atoms with E-state index >= 15 is 0 Å². The van der Waals surface area contributed by atoms with Crippen molar-refractivity contribution in [2.75, 3.05) is 49.5 Å². The van der Waals surface area contributed by atoms with Crippen molar-refractivity contribution >= 4 is 38.7 Å². The van der Waals surface area contributed by atoms with Crippen LogP contribution in [0.25, 0.3) is 10.1 Å². The number of rotatable bonds is 7. The maximum Gasteiger partial charge on any atom is 0.256 e. The molecule has 0 radical (unpaired) electrons. The lowest BCUT2D eigenvalue weighted by Gasteiger charge is -2.36. The third kappa shape index (κ3) is 4.70. The standard InChI is InChI=1S/C25H29N3O4S/c29-23-18-7-6-17(16-20(18)26-25(31)24(23)30)32-14-2-1-9-27-10-12-28(13-11-27)21-4-3-5-22-19(21)8-15-33-22/h3-8,15-16,23-24,29-30H,1-2,9-14H2,(H,26,31). The molecule has 1 saturated heterocycles. The van der Waals surface area contributed by atoms with Crippen LogP contribution in [0.15, 0.2) is 47.8 Å². The molecule has 0 bridgehead atoms. The summed E-state index contributed by atoms with van der Waals surface area (Å²) in [5.41, 5.74) is 2.35. The molecule has 3 aromatic rings. The highest BCUT2D eigenvalue weighted by molar-refractivity contribution is 7.17. The van der Waals surface area contributed by atoms with E-state index in [1.807, 2.05) is 0 Å². The molecular weight excluding hydrogens is 438 g/mol. The lowest BCUT2D eigenvalue weighted by atomic mass is 9.97.